The molecule has 1 heterocycles. The van der Waals surface area contributed by atoms with Gasteiger partial charge in [0.05, 0.1) is 5.56 Å². The standard InChI is InChI=1S/C20H17NO3/c1-14-18(20(23)21-12-15-5-3-2-4-6-15)11-19(24-14)17-9-7-16(13-22)8-10-17/h2-11,13H,12H2,1H3,(H,21,23). The molecule has 1 N–H and O–H groups in total. The maximum absolute atomic E-state index is 12.4. The van der Waals surface area contributed by atoms with Gasteiger partial charge in [-0.3, -0.25) is 9.59 Å². The van der Waals surface area contributed by atoms with E-state index >= 15 is 0 Å². The zero-order valence-electron chi connectivity index (χ0n) is 13.3. The number of benzene rings is 2. The highest BCUT2D eigenvalue weighted by molar-refractivity contribution is 5.96. The summed E-state index contributed by atoms with van der Waals surface area (Å²) >= 11 is 0. The molecule has 0 atom stereocenters. The second-order valence-corrected chi connectivity index (χ2v) is 5.49. The molecule has 0 saturated heterocycles. The summed E-state index contributed by atoms with van der Waals surface area (Å²) in [5.41, 5.74) is 2.98. The molecule has 3 aromatic rings. The number of carbonyl (C=O) groups excluding carboxylic acids is 2. The zero-order valence-corrected chi connectivity index (χ0v) is 13.3. The van der Waals surface area contributed by atoms with E-state index in [2.05, 4.69) is 5.32 Å². The number of amides is 1. The van der Waals surface area contributed by atoms with Crippen LogP contribution in [0.3, 0.4) is 0 Å². The second-order valence-electron chi connectivity index (χ2n) is 5.49. The van der Waals surface area contributed by atoms with Crippen LogP contribution in [0.5, 0.6) is 0 Å². The molecule has 0 bridgehead atoms. The number of hydrogen-bond acceptors (Lipinski definition) is 3. The predicted molar refractivity (Wildman–Crippen MR) is 91.9 cm³/mol. The van der Waals surface area contributed by atoms with Crippen LogP contribution < -0.4 is 5.32 Å². The van der Waals surface area contributed by atoms with Crippen molar-refractivity contribution < 1.29 is 14.0 Å². The molecular weight excluding hydrogens is 302 g/mol. The van der Waals surface area contributed by atoms with E-state index in [9.17, 15) is 9.59 Å². The van der Waals surface area contributed by atoms with Gasteiger partial charge in [-0.05, 0) is 18.6 Å². The highest BCUT2D eigenvalue weighted by Crippen LogP contribution is 2.25. The Bertz CT molecular complexity index is 848. The van der Waals surface area contributed by atoms with E-state index in [0.717, 1.165) is 17.4 Å². The fourth-order valence-corrected chi connectivity index (χ4v) is 2.45. The number of aryl methyl sites for hydroxylation is 1. The van der Waals surface area contributed by atoms with E-state index in [0.29, 0.717) is 29.2 Å². The molecule has 0 spiro atoms. The summed E-state index contributed by atoms with van der Waals surface area (Å²) < 4.78 is 5.70. The predicted octanol–water partition coefficient (Wildman–Crippen LogP) is 4.00. The number of carbonyl (C=O) groups is 2. The maximum Gasteiger partial charge on any atom is 0.255 e. The van der Waals surface area contributed by atoms with Gasteiger partial charge < -0.3 is 9.73 Å². The molecule has 24 heavy (non-hydrogen) atoms. The van der Waals surface area contributed by atoms with Crippen molar-refractivity contribution in [1.29, 1.82) is 0 Å². The lowest BCUT2D eigenvalue weighted by Gasteiger charge is -2.03. The third-order valence-corrected chi connectivity index (χ3v) is 3.79. The van der Waals surface area contributed by atoms with Crippen molar-refractivity contribution in [1.82, 2.24) is 5.32 Å². The first kappa shape index (κ1) is 15.7. The summed E-state index contributed by atoms with van der Waals surface area (Å²) in [5.74, 6) is 1.00. The Kier molecular flexibility index (Phi) is 4.57. The van der Waals surface area contributed by atoms with Crippen LogP contribution in [-0.2, 0) is 6.54 Å². The van der Waals surface area contributed by atoms with E-state index in [1.54, 1.807) is 37.3 Å². The molecule has 0 saturated carbocycles. The summed E-state index contributed by atoms with van der Waals surface area (Å²) in [6.07, 6.45) is 0.791. The normalized spacial score (nSPS) is 10.4. The van der Waals surface area contributed by atoms with Gasteiger partial charge in [-0.2, -0.15) is 0 Å². The summed E-state index contributed by atoms with van der Waals surface area (Å²) in [6, 6.07) is 18.5. The van der Waals surface area contributed by atoms with Crippen LogP contribution in [0.15, 0.2) is 65.1 Å². The van der Waals surface area contributed by atoms with Crippen molar-refractivity contribution in [2.45, 2.75) is 13.5 Å². The minimum absolute atomic E-state index is 0.170. The smallest absolute Gasteiger partial charge is 0.255 e. The summed E-state index contributed by atoms with van der Waals surface area (Å²) in [5, 5.41) is 2.89. The Morgan fingerprint density at radius 3 is 2.46 bits per heavy atom. The number of aldehydes is 1. The number of rotatable bonds is 5. The first-order valence-electron chi connectivity index (χ1n) is 7.65. The van der Waals surface area contributed by atoms with Crippen LogP contribution in [0, 0.1) is 6.92 Å². The van der Waals surface area contributed by atoms with Crippen LogP contribution in [0.4, 0.5) is 0 Å². The Morgan fingerprint density at radius 1 is 1.08 bits per heavy atom. The van der Waals surface area contributed by atoms with Crippen LogP contribution in [0.1, 0.15) is 32.0 Å². The SMILES string of the molecule is Cc1oc(-c2ccc(C=O)cc2)cc1C(=O)NCc1ccccc1. The Balaban J connectivity index is 1.75. The summed E-state index contributed by atoms with van der Waals surface area (Å²) in [7, 11) is 0. The number of furan rings is 1. The average molecular weight is 319 g/mol. The first-order chi connectivity index (χ1) is 11.7. The lowest BCUT2D eigenvalue weighted by Crippen LogP contribution is -2.22. The minimum atomic E-state index is -0.170. The van der Waals surface area contributed by atoms with Crippen molar-refractivity contribution in [3.63, 3.8) is 0 Å². The van der Waals surface area contributed by atoms with Gasteiger partial charge in [0, 0.05) is 17.7 Å². The molecule has 4 heteroatoms. The van der Waals surface area contributed by atoms with Crippen molar-refractivity contribution >= 4 is 12.2 Å². The third kappa shape index (κ3) is 3.43. The highest BCUT2D eigenvalue weighted by Gasteiger charge is 2.15. The Labute approximate surface area is 140 Å². The lowest BCUT2D eigenvalue weighted by molar-refractivity contribution is 0.0949. The summed E-state index contributed by atoms with van der Waals surface area (Å²) in [4.78, 5) is 23.1. The fraction of sp³-hybridized carbons (Fsp3) is 0.100. The molecule has 4 nitrogen and oxygen atoms in total. The van der Waals surface area contributed by atoms with E-state index in [1.807, 2.05) is 30.3 Å². The van der Waals surface area contributed by atoms with E-state index < -0.39 is 0 Å². The van der Waals surface area contributed by atoms with Crippen molar-refractivity contribution in [2.24, 2.45) is 0 Å². The average Bonchev–Trinajstić information content (AvgIpc) is 3.02. The zero-order chi connectivity index (χ0) is 16.9. The molecule has 0 unspecified atom stereocenters. The number of nitrogens with one attached hydrogen (secondary N) is 1. The van der Waals surface area contributed by atoms with Gasteiger partial charge >= 0.3 is 0 Å². The van der Waals surface area contributed by atoms with Crippen molar-refractivity contribution in [3.05, 3.63) is 83.1 Å². The molecule has 0 fully saturated rings. The Morgan fingerprint density at radius 2 is 1.79 bits per heavy atom. The molecule has 0 aliphatic rings. The van der Waals surface area contributed by atoms with Gasteiger partial charge in [0.1, 0.15) is 17.8 Å². The molecule has 1 amide bonds. The van der Waals surface area contributed by atoms with Crippen molar-refractivity contribution in [2.75, 3.05) is 0 Å². The van der Waals surface area contributed by atoms with Crippen molar-refractivity contribution in [3.8, 4) is 11.3 Å². The topological polar surface area (TPSA) is 59.3 Å². The van der Waals surface area contributed by atoms with Crippen LogP contribution in [0.2, 0.25) is 0 Å². The van der Waals surface area contributed by atoms with Gasteiger partial charge in [0.2, 0.25) is 0 Å². The van der Waals surface area contributed by atoms with Gasteiger partial charge in [0.25, 0.3) is 5.91 Å². The molecule has 2 aromatic carbocycles. The Hall–Kier alpha value is -3.14. The van der Waals surface area contributed by atoms with E-state index in [4.69, 9.17) is 4.42 Å². The van der Waals surface area contributed by atoms with Crippen LogP contribution in [0.25, 0.3) is 11.3 Å². The second kappa shape index (κ2) is 6.96. The molecular formula is C20H17NO3. The minimum Gasteiger partial charge on any atom is -0.461 e. The molecule has 0 radical (unpaired) electrons. The third-order valence-electron chi connectivity index (χ3n) is 3.79. The van der Waals surface area contributed by atoms with Crippen LogP contribution in [-0.4, -0.2) is 12.2 Å². The molecule has 3 rings (SSSR count). The molecule has 0 aliphatic carbocycles. The first-order valence-corrected chi connectivity index (χ1v) is 7.65. The van der Waals surface area contributed by atoms with E-state index in [-0.39, 0.29) is 5.91 Å². The molecule has 0 aliphatic heterocycles. The lowest BCUT2D eigenvalue weighted by atomic mass is 10.1. The van der Waals surface area contributed by atoms with Crippen LogP contribution >= 0.6 is 0 Å². The monoisotopic (exact) mass is 319 g/mol. The maximum atomic E-state index is 12.4. The van der Waals surface area contributed by atoms with Gasteiger partial charge in [-0.15, -0.1) is 0 Å². The number of hydrogen-bond donors (Lipinski definition) is 1. The molecule has 120 valence electrons. The van der Waals surface area contributed by atoms with Gasteiger partial charge in [-0.25, -0.2) is 0 Å². The van der Waals surface area contributed by atoms with Gasteiger partial charge in [0.15, 0.2) is 0 Å². The molecule has 1 aromatic heterocycles. The summed E-state index contributed by atoms with van der Waals surface area (Å²) in [6.45, 7) is 2.23. The fourth-order valence-electron chi connectivity index (χ4n) is 2.45. The largest absolute Gasteiger partial charge is 0.461 e. The van der Waals surface area contributed by atoms with Gasteiger partial charge in [-0.1, -0.05) is 54.6 Å². The quantitative estimate of drug-likeness (QED) is 0.723. The van der Waals surface area contributed by atoms with E-state index in [1.165, 1.54) is 0 Å². The highest BCUT2D eigenvalue weighted by atomic mass is 16.3.